The summed E-state index contributed by atoms with van der Waals surface area (Å²) in [5.41, 5.74) is 2.37. The smallest absolute Gasteiger partial charge is 0.0737 e. The van der Waals surface area contributed by atoms with Crippen molar-refractivity contribution in [2.45, 2.75) is 51.7 Å². The molecule has 0 heterocycles. The van der Waals surface area contributed by atoms with Crippen molar-refractivity contribution in [1.29, 1.82) is 0 Å². The molecule has 0 atom stereocenters. The number of hydrogen-bond donors (Lipinski definition) is 0. The van der Waals surface area contributed by atoms with E-state index in [9.17, 15) is 0 Å². The first-order chi connectivity index (χ1) is 7.77. The summed E-state index contributed by atoms with van der Waals surface area (Å²) in [6, 6.07) is 6.02. The summed E-state index contributed by atoms with van der Waals surface area (Å²) in [6.45, 7) is 2.75. The fourth-order valence-corrected chi connectivity index (χ4v) is 2.56. The van der Waals surface area contributed by atoms with E-state index in [1.54, 1.807) is 0 Å². The second-order valence-electron chi connectivity index (χ2n) is 4.61. The van der Waals surface area contributed by atoms with Gasteiger partial charge in [-0.25, -0.2) is 0 Å². The van der Waals surface area contributed by atoms with Crippen LogP contribution < -0.4 is 0 Å². The summed E-state index contributed by atoms with van der Waals surface area (Å²) >= 11 is 6.17. The van der Waals surface area contributed by atoms with Crippen LogP contribution in [0.5, 0.6) is 0 Å². The minimum atomic E-state index is 0.449. The molecule has 88 valence electrons. The van der Waals surface area contributed by atoms with Crippen molar-refractivity contribution in [1.82, 2.24) is 0 Å². The normalized spacial score (nSPS) is 17.6. The molecule has 0 N–H and O–H groups in total. The minimum Gasteiger partial charge on any atom is -0.373 e. The molecule has 1 aliphatic carbocycles. The van der Waals surface area contributed by atoms with E-state index in [4.69, 9.17) is 16.3 Å². The first kappa shape index (κ1) is 11.9. The minimum absolute atomic E-state index is 0.449. The van der Waals surface area contributed by atoms with Crippen molar-refractivity contribution in [3.05, 3.63) is 34.3 Å². The predicted molar refractivity (Wildman–Crippen MR) is 67.9 cm³/mol. The highest BCUT2D eigenvalue weighted by Crippen LogP contribution is 2.24. The average molecular weight is 239 g/mol. The molecule has 1 aliphatic rings. The zero-order valence-corrected chi connectivity index (χ0v) is 10.6. The number of ether oxygens (including phenoxy) is 1. The molecule has 0 amide bonds. The van der Waals surface area contributed by atoms with Crippen LogP contribution in [0.15, 0.2) is 18.2 Å². The maximum absolute atomic E-state index is 6.17. The van der Waals surface area contributed by atoms with E-state index in [1.807, 2.05) is 12.1 Å². The van der Waals surface area contributed by atoms with Gasteiger partial charge in [0.1, 0.15) is 0 Å². The Morgan fingerprint density at radius 3 is 2.69 bits per heavy atom. The zero-order valence-electron chi connectivity index (χ0n) is 9.84. The molecule has 1 aromatic carbocycles. The standard InChI is InChI=1S/C14H19ClO/c1-11-6-5-9-14(15)13(11)10-16-12-7-3-2-4-8-12/h5-6,9,12H,2-4,7-8,10H2,1H3. The highest BCUT2D eigenvalue weighted by atomic mass is 35.5. The van der Waals surface area contributed by atoms with Gasteiger partial charge in [-0.05, 0) is 37.0 Å². The largest absolute Gasteiger partial charge is 0.373 e. The van der Waals surface area contributed by atoms with E-state index >= 15 is 0 Å². The lowest BCUT2D eigenvalue weighted by Gasteiger charge is -2.22. The summed E-state index contributed by atoms with van der Waals surface area (Å²) < 4.78 is 5.95. The third-order valence-corrected chi connectivity index (χ3v) is 3.72. The Balaban J connectivity index is 1.93. The van der Waals surface area contributed by atoms with E-state index in [0.717, 1.165) is 10.6 Å². The molecule has 1 aromatic rings. The van der Waals surface area contributed by atoms with Crippen LogP contribution in [0, 0.1) is 6.92 Å². The molecule has 0 radical (unpaired) electrons. The Kier molecular flexibility index (Phi) is 4.25. The van der Waals surface area contributed by atoms with Gasteiger partial charge in [0, 0.05) is 5.02 Å². The summed E-state index contributed by atoms with van der Waals surface area (Å²) in [5, 5.41) is 0.829. The molecule has 1 nitrogen and oxygen atoms in total. The van der Waals surface area contributed by atoms with Gasteiger partial charge in [-0.15, -0.1) is 0 Å². The van der Waals surface area contributed by atoms with Gasteiger partial charge in [0.2, 0.25) is 0 Å². The maximum atomic E-state index is 6.17. The topological polar surface area (TPSA) is 9.23 Å². The second-order valence-corrected chi connectivity index (χ2v) is 5.01. The van der Waals surface area contributed by atoms with Gasteiger partial charge in [-0.3, -0.25) is 0 Å². The van der Waals surface area contributed by atoms with Crippen molar-refractivity contribution in [3.63, 3.8) is 0 Å². The van der Waals surface area contributed by atoms with Gasteiger partial charge in [0.25, 0.3) is 0 Å². The molecular weight excluding hydrogens is 220 g/mol. The van der Waals surface area contributed by atoms with Crippen LogP contribution in [0.2, 0.25) is 5.02 Å². The van der Waals surface area contributed by atoms with Crippen LogP contribution in [0.4, 0.5) is 0 Å². The van der Waals surface area contributed by atoms with Crippen molar-refractivity contribution >= 4 is 11.6 Å². The fourth-order valence-electron chi connectivity index (χ4n) is 2.28. The highest BCUT2D eigenvalue weighted by Gasteiger charge is 2.14. The lowest BCUT2D eigenvalue weighted by molar-refractivity contribution is 0.0167. The SMILES string of the molecule is Cc1cccc(Cl)c1COC1CCCCC1. The molecule has 2 rings (SSSR count). The highest BCUT2D eigenvalue weighted by molar-refractivity contribution is 6.31. The van der Waals surface area contributed by atoms with Gasteiger partial charge in [-0.1, -0.05) is 43.0 Å². The van der Waals surface area contributed by atoms with Crippen molar-refractivity contribution < 1.29 is 4.74 Å². The quantitative estimate of drug-likeness (QED) is 0.754. The molecule has 16 heavy (non-hydrogen) atoms. The molecule has 0 aromatic heterocycles. The van der Waals surface area contributed by atoms with Crippen molar-refractivity contribution in [2.24, 2.45) is 0 Å². The Labute approximate surface area is 103 Å². The molecule has 0 spiro atoms. The number of hydrogen-bond acceptors (Lipinski definition) is 1. The summed E-state index contributed by atoms with van der Waals surface area (Å²) in [6.07, 6.45) is 6.86. The van der Waals surface area contributed by atoms with E-state index in [2.05, 4.69) is 13.0 Å². The number of aryl methyl sites for hydroxylation is 1. The molecule has 0 saturated heterocycles. The Hall–Kier alpha value is -0.530. The van der Waals surface area contributed by atoms with E-state index in [1.165, 1.54) is 37.7 Å². The predicted octanol–water partition coefficient (Wildman–Crippen LogP) is 4.50. The van der Waals surface area contributed by atoms with Crippen LogP contribution in [0.1, 0.15) is 43.2 Å². The Morgan fingerprint density at radius 2 is 2.00 bits per heavy atom. The van der Waals surface area contributed by atoms with Crippen LogP contribution in [0.25, 0.3) is 0 Å². The van der Waals surface area contributed by atoms with Gasteiger partial charge in [-0.2, -0.15) is 0 Å². The van der Waals surface area contributed by atoms with Crippen molar-refractivity contribution in [3.8, 4) is 0 Å². The number of benzene rings is 1. The van der Waals surface area contributed by atoms with Gasteiger partial charge in [0.15, 0.2) is 0 Å². The van der Waals surface area contributed by atoms with Gasteiger partial charge in [0.05, 0.1) is 12.7 Å². The van der Waals surface area contributed by atoms with Crippen LogP contribution in [-0.2, 0) is 11.3 Å². The molecule has 0 aliphatic heterocycles. The van der Waals surface area contributed by atoms with E-state index < -0.39 is 0 Å². The lowest BCUT2D eigenvalue weighted by Crippen LogP contribution is -2.16. The molecule has 1 saturated carbocycles. The summed E-state index contributed by atoms with van der Waals surface area (Å²) in [5.74, 6) is 0. The first-order valence-corrected chi connectivity index (χ1v) is 6.51. The molecular formula is C14H19ClO. The first-order valence-electron chi connectivity index (χ1n) is 6.13. The summed E-state index contributed by atoms with van der Waals surface area (Å²) in [7, 11) is 0. The maximum Gasteiger partial charge on any atom is 0.0737 e. The van der Waals surface area contributed by atoms with Crippen LogP contribution in [0.3, 0.4) is 0 Å². The lowest BCUT2D eigenvalue weighted by atomic mass is 9.98. The molecule has 2 heteroatoms. The number of rotatable bonds is 3. The Morgan fingerprint density at radius 1 is 1.25 bits per heavy atom. The zero-order chi connectivity index (χ0) is 11.4. The van der Waals surface area contributed by atoms with E-state index in [0.29, 0.717) is 12.7 Å². The average Bonchev–Trinajstić information content (AvgIpc) is 2.30. The number of halogens is 1. The molecule has 0 bridgehead atoms. The molecule has 1 fully saturated rings. The van der Waals surface area contributed by atoms with Crippen molar-refractivity contribution in [2.75, 3.05) is 0 Å². The second kappa shape index (κ2) is 5.70. The summed E-state index contributed by atoms with van der Waals surface area (Å²) in [4.78, 5) is 0. The van der Waals surface area contributed by atoms with Gasteiger partial charge < -0.3 is 4.74 Å². The van der Waals surface area contributed by atoms with Crippen LogP contribution in [-0.4, -0.2) is 6.10 Å². The Bertz CT molecular complexity index is 322. The van der Waals surface area contributed by atoms with Gasteiger partial charge >= 0.3 is 0 Å². The van der Waals surface area contributed by atoms with E-state index in [-0.39, 0.29) is 0 Å². The molecule has 0 unspecified atom stereocenters. The fraction of sp³-hybridized carbons (Fsp3) is 0.571. The third kappa shape index (κ3) is 2.99. The van der Waals surface area contributed by atoms with Crippen LogP contribution >= 0.6 is 11.6 Å². The monoisotopic (exact) mass is 238 g/mol. The third-order valence-electron chi connectivity index (χ3n) is 3.37.